The van der Waals surface area contributed by atoms with Gasteiger partial charge in [0, 0.05) is 13.1 Å². The highest BCUT2D eigenvalue weighted by molar-refractivity contribution is 5.97. The number of aliphatic hydroxyl groups is 1. The van der Waals surface area contributed by atoms with Gasteiger partial charge < -0.3 is 19.8 Å². The second kappa shape index (κ2) is 5.48. The van der Waals surface area contributed by atoms with Gasteiger partial charge in [0.1, 0.15) is 0 Å². The molecule has 0 radical (unpaired) electrons. The molecule has 1 aromatic carbocycles. The minimum atomic E-state index is -0.358. The Hall–Kier alpha value is -1.75. The molecule has 2 N–H and O–H groups in total. The lowest BCUT2D eigenvalue weighted by molar-refractivity contribution is 0.0296. The monoisotopic (exact) mass is 265 g/mol. The van der Waals surface area contributed by atoms with Crippen LogP contribution in [0.15, 0.2) is 18.2 Å². The maximum absolute atomic E-state index is 12.4. The number of amides is 1. The van der Waals surface area contributed by atoms with E-state index >= 15 is 0 Å². The van der Waals surface area contributed by atoms with Gasteiger partial charge in [-0.3, -0.25) is 4.79 Å². The summed E-state index contributed by atoms with van der Waals surface area (Å²) in [5.74, 6) is -0.0229. The molecule has 1 aliphatic rings. The molecule has 1 heterocycles. The lowest BCUT2D eigenvalue weighted by atomic mass is 9.96. The van der Waals surface area contributed by atoms with Crippen LogP contribution < -0.4 is 4.74 Å². The topological polar surface area (TPSA) is 70.0 Å². The summed E-state index contributed by atoms with van der Waals surface area (Å²) in [4.78, 5) is 14.0. The molecule has 19 heavy (non-hydrogen) atoms. The predicted molar refractivity (Wildman–Crippen MR) is 70.4 cm³/mol. The van der Waals surface area contributed by atoms with Crippen LogP contribution in [0.2, 0.25) is 0 Å². The molecule has 2 unspecified atom stereocenters. The Balaban J connectivity index is 2.20. The van der Waals surface area contributed by atoms with E-state index in [0.29, 0.717) is 19.5 Å². The van der Waals surface area contributed by atoms with Crippen LogP contribution >= 0.6 is 0 Å². The largest absolute Gasteiger partial charge is 0.504 e. The predicted octanol–water partition coefficient (Wildman–Crippen LogP) is 1.24. The third-order valence-electron chi connectivity index (χ3n) is 3.60. The average molecular weight is 265 g/mol. The highest BCUT2D eigenvalue weighted by Gasteiger charge is 2.29. The Morgan fingerprint density at radius 2 is 2.21 bits per heavy atom. The number of para-hydroxylation sites is 1. The molecule has 0 saturated carbocycles. The van der Waals surface area contributed by atoms with Gasteiger partial charge in [0.25, 0.3) is 5.91 Å². The molecule has 5 nitrogen and oxygen atoms in total. The molecule has 104 valence electrons. The van der Waals surface area contributed by atoms with E-state index in [9.17, 15) is 15.0 Å². The average Bonchev–Trinajstić information content (AvgIpc) is 2.41. The SMILES string of the molecule is COc1cccc(C(=O)N2CCC(O)C(C)C2)c1O. The fraction of sp³-hybridized carbons (Fsp3) is 0.500. The lowest BCUT2D eigenvalue weighted by Crippen LogP contribution is -2.44. The number of rotatable bonds is 2. The quantitative estimate of drug-likeness (QED) is 0.844. The molecule has 2 rings (SSSR count). The summed E-state index contributed by atoms with van der Waals surface area (Å²) in [5.41, 5.74) is 0.239. The van der Waals surface area contributed by atoms with Crippen molar-refractivity contribution in [2.45, 2.75) is 19.4 Å². The summed E-state index contributed by atoms with van der Waals surface area (Å²) in [7, 11) is 1.45. The molecule has 2 atom stereocenters. The molecule has 1 aliphatic heterocycles. The van der Waals surface area contributed by atoms with Crippen LogP contribution in [0.25, 0.3) is 0 Å². The summed E-state index contributed by atoms with van der Waals surface area (Å²) in [6.45, 7) is 2.91. The van der Waals surface area contributed by atoms with Crippen molar-refractivity contribution in [3.8, 4) is 11.5 Å². The number of phenols is 1. The van der Waals surface area contributed by atoms with Gasteiger partial charge in [-0.25, -0.2) is 0 Å². The molecule has 1 saturated heterocycles. The fourth-order valence-corrected chi connectivity index (χ4v) is 2.35. The highest BCUT2D eigenvalue weighted by atomic mass is 16.5. The number of phenolic OH excluding ortho intramolecular Hbond substituents is 1. The number of piperidine rings is 1. The van der Waals surface area contributed by atoms with Crippen molar-refractivity contribution in [1.29, 1.82) is 0 Å². The number of aromatic hydroxyl groups is 1. The summed E-state index contributed by atoms with van der Waals surface area (Å²) in [5, 5.41) is 19.7. The van der Waals surface area contributed by atoms with Gasteiger partial charge in [0.05, 0.1) is 18.8 Å². The third-order valence-corrected chi connectivity index (χ3v) is 3.60. The van der Waals surface area contributed by atoms with E-state index in [-0.39, 0.29) is 35.0 Å². The number of hydrogen-bond acceptors (Lipinski definition) is 4. The van der Waals surface area contributed by atoms with Gasteiger partial charge in [-0.1, -0.05) is 13.0 Å². The van der Waals surface area contributed by atoms with E-state index < -0.39 is 0 Å². The summed E-state index contributed by atoms with van der Waals surface area (Å²) >= 11 is 0. The minimum Gasteiger partial charge on any atom is -0.504 e. The van der Waals surface area contributed by atoms with Crippen molar-refractivity contribution in [2.24, 2.45) is 5.92 Å². The zero-order valence-electron chi connectivity index (χ0n) is 11.2. The Morgan fingerprint density at radius 1 is 1.47 bits per heavy atom. The molecular weight excluding hydrogens is 246 g/mol. The first-order chi connectivity index (χ1) is 9.04. The molecule has 0 aliphatic carbocycles. The smallest absolute Gasteiger partial charge is 0.257 e. The van der Waals surface area contributed by atoms with Crippen LogP contribution in [-0.4, -0.2) is 47.3 Å². The molecule has 0 spiro atoms. The zero-order chi connectivity index (χ0) is 14.0. The van der Waals surface area contributed by atoms with E-state index in [1.54, 1.807) is 23.1 Å². The van der Waals surface area contributed by atoms with Crippen molar-refractivity contribution in [2.75, 3.05) is 20.2 Å². The lowest BCUT2D eigenvalue weighted by Gasteiger charge is -2.34. The number of hydrogen-bond donors (Lipinski definition) is 2. The van der Waals surface area contributed by atoms with Crippen LogP contribution in [0.3, 0.4) is 0 Å². The zero-order valence-corrected chi connectivity index (χ0v) is 11.2. The van der Waals surface area contributed by atoms with E-state index in [1.165, 1.54) is 7.11 Å². The Bertz CT molecular complexity index is 475. The number of nitrogens with zero attached hydrogens (tertiary/aromatic N) is 1. The third kappa shape index (κ3) is 2.66. The second-order valence-corrected chi connectivity index (χ2v) is 4.94. The molecule has 1 aromatic rings. The maximum atomic E-state index is 12.4. The van der Waals surface area contributed by atoms with Gasteiger partial charge >= 0.3 is 0 Å². The van der Waals surface area contributed by atoms with Gasteiger partial charge in [-0.15, -0.1) is 0 Å². The number of benzene rings is 1. The maximum Gasteiger partial charge on any atom is 0.257 e. The van der Waals surface area contributed by atoms with E-state index in [2.05, 4.69) is 0 Å². The standard InChI is InChI=1S/C14H19NO4/c1-9-8-15(7-6-11(9)16)14(18)10-4-3-5-12(19-2)13(10)17/h3-5,9,11,16-17H,6-8H2,1-2H3. The first kappa shape index (κ1) is 13.7. The number of carbonyl (C=O) groups excluding carboxylic acids is 1. The normalized spacial score (nSPS) is 23.2. The number of likely N-dealkylation sites (tertiary alicyclic amines) is 1. The van der Waals surface area contributed by atoms with Crippen LogP contribution in [0, 0.1) is 5.92 Å². The van der Waals surface area contributed by atoms with E-state index in [4.69, 9.17) is 4.74 Å². The Labute approximate surface area is 112 Å². The number of ether oxygens (including phenoxy) is 1. The Kier molecular flexibility index (Phi) is 3.95. The first-order valence-corrected chi connectivity index (χ1v) is 6.38. The fourth-order valence-electron chi connectivity index (χ4n) is 2.35. The first-order valence-electron chi connectivity index (χ1n) is 6.38. The molecule has 0 bridgehead atoms. The van der Waals surface area contributed by atoms with Crippen LogP contribution in [0.5, 0.6) is 11.5 Å². The molecule has 1 fully saturated rings. The Morgan fingerprint density at radius 3 is 2.84 bits per heavy atom. The minimum absolute atomic E-state index is 0.0467. The van der Waals surface area contributed by atoms with E-state index in [1.807, 2.05) is 6.92 Å². The van der Waals surface area contributed by atoms with Crippen molar-refractivity contribution in [1.82, 2.24) is 4.90 Å². The molecule has 1 amide bonds. The van der Waals surface area contributed by atoms with Crippen LogP contribution in [0.1, 0.15) is 23.7 Å². The second-order valence-electron chi connectivity index (χ2n) is 4.94. The van der Waals surface area contributed by atoms with Gasteiger partial charge in [0.15, 0.2) is 11.5 Å². The summed E-state index contributed by atoms with van der Waals surface area (Å²) in [6, 6.07) is 4.86. The van der Waals surface area contributed by atoms with Crippen molar-refractivity contribution < 1.29 is 19.7 Å². The summed E-state index contributed by atoms with van der Waals surface area (Å²) in [6.07, 6.45) is 0.209. The highest BCUT2D eigenvalue weighted by Crippen LogP contribution is 2.31. The van der Waals surface area contributed by atoms with Crippen molar-refractivity contribution in [3.05, 3.63) is 23.8 Å². The number of aliphatic hydroxyl groups excluding tert-OH is 1. The van der Waals surface area contributed by atoms with Gasteiger partial charge in [-0.2, -0.15) is 0 Å². The van der Waals surface area contributed by atoms with Gasteiger partial charge in [0.2, 0.25) is 0 Å². The van der Waals surface area contributed by atoms with Gasteiger partial charge in [-0.05, 0) is 24.5 Å². The number of methoxy groups -OCH3 is 1. The van der Waals surface area contributed by atoms with Crippen molar-refractivity contribution in [3.63, 3.8) is 0 Å². The summed E-state index contributed by atoms with van der Waals surface area (Å²) < 4.78 is 5.00. The molecule has 0 aromatic heterocycles. The molecule has 5 heteroatoms. The molecular formula is C14H19NO4. The van der Waals surface area contributed by atoms with E-state index in [0.717, 1.165) is 0 Å². The van der Waals surface area contributed by atoms with Crippen LogP contribution in [0.4, 0.5) is 0 Å². The number of carbonyl (C=O) groups is 1. The van der Waals surface area contributed by atoms with Crippen molar-refractivity contribution >= 4 is 5.91 Å². The van der Waals surface area contributed by atoms with Crippen LogP contribution in [-0.2, 0) is 0 Å².